The third-order valence-corrected chi connectivity index (χ3v) is 2.78. The molecule has 52 valence electrons. The highest BCUT2D eigenvalue weighted by molar-refractivity contribution is 4.97. The lowest BCUT2D eigenvalue weighted by molar-refractivity contribution is -0.0644. The van der Waals surface area contributed by atoms with E-state index in [1.165, 1.54) is 6.42 Å². The highest BCUT2D eigenvalue weighted by Crippen LogP contribution is 2.36. The number of fused-ring (bicyclic) bond motifs is 2. The van der Waals surface area contributed by atoms with Crippen LogP contribution in [0.15, 0.2) is 0 Å². The van der Waals surface area contributed by atoms with Crippen LogP contribution in [0.3, 0.4) is 0 Å². The molecule has 2 atom stereocenters. The first-order valence-corrected chi connectivity index (χ1v) is 3.67. The highest BCUT2D eigenvalue weighted by Gasteiger charge is 2.42. The van der Waals surface area contributed by atoms with Gasteiger partial charge in [0, 0.05) is 12.1 Å². The van der Waals surface area contributed by atoms with E-state index < -0.39 is 0 Å². The van der Waals surface area contributed by atoms with Crippen molar-refractivity contribution in [3.05, 3.63) is 0 Å². The van der Waals surface area contributed by atoms with E-state index in [1.807, 2.05) is 0 Å². The smallest absolute Gasteiger partial charge is 0.0570 e. The van der Waals surface area contributed by atoms with E-state index in [9.17, 15) is 5.11 Å². The molecule has 2 nitrogen and oxygen atoms in total. The van der Waals surface area contributed by atoms with Gasteiger partial charge in [-0.1, -0.05) is 0 Å². The van der Waals surface area contributed by atoms with Crippen molar-refractivity contribution in [2.75, 3.05) is 7.05 Å². The Kier molecular flexibility index (Phi) is 1.08. The zero-order valence-corrected chi connectivity index (χ0v) is 5.75. The molecule has 3 aliphatic rings. The van der Waals surface area contributed by atoms with Crippen LogP contribution in [0.2, 0.25) is 0 Å². The quantitative estimate of drug-likeness (QED) is 0.503. The lowest BCUT2D eigenvalue weighted by atomic mass is 9.79. The first kappa shape index (κ1) is 5.69. The Morgan fingerprint density at radius 1 is 1.22 bits per heavy atom. The molecule has 0 aromatic carbocycles. The molecule has 0 aromatic rings. The normalized spacial score (nSPS) is 50.7. The predicted molar refractivity (Wildman–Crippen MR) is 35.2 cm³/mol. The molecule has 3 rings (SSSR count). The second kappa shape index (κ2) is 1.70. The molecule has 0 amide bonds. The zero-order valence-electron chi connectivity index (χ0n) is 5.75. The van der Waals surface area contributed by atoms with Gasteiger partial charge in [0.05, 0.1) is 6.10 Å². The fourth-order valence-electron chi connectivity index (χ4n) is 2.06. The molecule has 0 radical (unpaired) electrons. The Bertz CT molecular complexity index is 114. The Morgan fingerprint density at radius 2 is 1.78 bits per heavy atom. The van der Waals surface area contributed by atoms with Crippen LogP contribution < -0.4 is 0 Å². The molecule has 0 spiro atoms. The van der Waals surface area contributed by atoms with Crippen LogP contribution in [0.25, 0.3) is 0 Å². The Hall–Kier alpha value is -0.0800. The van der Waals surface area contributed by atoms with Crippen LogP contribution in [0.4, 0.5) is 0 Å². The molecule has 2 saturated heterocycles. The van der Waals surface area contributed by atoms with Crippen molar-refractivity contribution in [2.24, 2.45) is 0 Å². The van der Waals surface area contributed by atoms with E-state index in [0.29, 0.717) is 12.1 Å². The molecule has 1 N–H and O–H groups in total. The molecule has 2 heterocycles. The first-order chi connectivity index (χ1) is 4.27. The van der Waals surface area contributed by atoms with Gasteiger partial charge in [0.25, 0.3) is 0 Å². The molecule has 3 fully saturated rings. The fraction of sp³-hybridized carbons (Fsp3) is 1.00. The maximum atomic E-state index is 9.20. The van der Waals surface area contributed by atoms with Gasteiger partial charge in [-0.3, -0.25) is 0 Å². The summed E-state index contributed by atoms with van der Waals surface area (Å²) in [5, 5.41) is 9.20. The van der Waals surface area contributed by atoms with Crippen LogP contribution in [-0.4, -0.2) is 35.2 Å². The largest absolute Gasteiger partial charge is 0.393 e. The third kappa shape index (κ3) is 0.700. The summed E-state index contributed by atoms with van der Waals surface area (Å²) in [4.78, 5) is 2.38. The predicted octanol–water partition coefficient (Wildman–Crippen LogP) is 0.214. The molecule has 1 saturated carbocycles. The minimum absolute atomic E-state index is 0.00458. The van der Waals surface area contributed by atoms with E-state index in [0.717, 1.165) is 12.8 Å². The molecule has 2 unspecified atom stereocenters. The SMILES string of the molecule is CN1C2CC(O)CC1C2. The first-order valence-electron chi connectivity index (χ1n) is 3.67. The average Bonchev–Trinajstić information content (AvgIpc) is 1.87. The summed E-state index contributed by atoms with van der Waals surface area (Å²) in [5.74, 6) is 0. The van der Waals surface area contributed by atoms with Crippen LogP contribution in [0.1, 0.15) is 19.3 Å². The van der Waals surface area contributed by atoms with Crippen molar-refractivity contribution in [3.63, 3.8) is 0 Å². The van der Waals surface area contributed by atoms with E-state index in [1.54, 1.807) is 0 Å². The third-order valence-electron chi connectivity index (χ3n) is 2.78. The number of piperidine rings is 1. The van der Waals surface area contributed by atoms with E-state index in [2.05, 4.69) is 11.9 Å². The lowest BCUT2D eigenvalue weighted by Gasteiger charge is -2.52. The zero-order chi connectivity index (χ0) is 6.43. The molecular formula is C7H13NO. The lowest BCUT2D eigenvalue weighted by Crippen LogP contribution is -2.59. The number of rotatable bonds is 0. The molecule has 0 aromatic heterocycles. The van der Waals surface area contributed by atoms with Crippen molar-refractivity contribution in [1.82, 2.24) is 4.90 Å². The molecule has 2 aliphatic heterocycles. The standard InChI is InChI=1S/C7H13NO/c1-8-5-2-6(8)4-7(9)3-5/h5-7,9H,2-4H2,1H3. The number of nitrogens with zero attached hydrogens (tertiary/aromatic N) is 1. The topological polar surface area (TPSA) is 23.5 Å². The summed E-state index contributed by atoms with van der Waals surface area (Å²) in [5.41, 5.74) is 0. The second-order valence-corrected chi connectivity index (χ2v) is 3.33. The van der Waals surface area contributed by atoms with Crippen molar-refractivity contribution < 1.29 is 5.11 Å². The Morgan fingerprint density at radius 3 is 2.11 bits per heavy atom. The molecular weight excluding hydrogens is 114 g/mol. The van der Waals surface area contributed by atoms with Gasteiger partial charge in [0.2, 0.25) is 0 Å². The van der Waals surface area contributed by atoms with Crippen LogP contribution in [0.5, 0.6) is 0 Å². The van der Waals surface area contributed by atoms with Crippen molar-refractivity contribution in [3.8, 4) is 0 Å². The van der Waals surface area contributed by atoms with E-state index in [-0.39, 0.29) is 6.10 Å². The monoisotopic (exact) mass is 127 g/mol. The van der Waals surface area contributed by atoms with Crippen LogP contribution in [-0.2, 0) is 0 Å². The maximum Gasteiger partial charge on any atom is 0.0570 e. The molecule has 2 bridgehead atoms. The van der Waals surface area contributed by atoms with E-state index in [4.69, 9.17) is 0 Å². The van der Waals surface area contributed by atoms with Crippen molar-refractivity contribution >= 4 is 0 Å². The summed E-state index contributed by atoms with van der Waals surface area (Å²) in [6.07, 6.45) is 3.35. The van der Waals surface area contributed by atoms with Gasteiger partial charge in [0.1, 0.15) is 0 Å². The van der Waals surface area contributed by atoms with Crippen LogP contribution in [0, 0.1) is 0 Å². The van der Waals surface area contributed by atoms with Gasteiger partial charge in [0.15, 0.2) is 0 Å². The minimum Gasteiger partial charge on any atom is -0.393 e. The summed E-state index contributed by atoms with van der Waals surface area (Å²) >= 11 is 0. The summed E-state index contributed by atoms with van der Waals surface area (Å²) in [7, 11) is 2.16. The van der Waals surface area contributed by atoms with E-state index >= 15 is 0 Å². The van der Waals surface area contributed by atoms with Gasteiger partial charge < -0.3 is 10.0 Å². The van der Waals surface area contributed by atoms with Gasteiger partial charge in [-0.05, 0) is 26.3 Å². The Balaban J connectivity index is 2.01. The number of hydrogen-bond acceptors (Lipinski definition) is 2. The number of hydrogen-bond donors (Lipinski definition) is 1. The number of aliphatic hydroxyl groups is 1. The van der Waals surface area contributed by atoms with Gasteiger partial charge >= 0.3 is 0 Å². The minimum atomic E-state index is 0.00458. The maximum absolute atomic E-state index is 9.20. The summed E-state index contributed by atoms with van der Waals surface area (Å²) in [6, 6.07) is 1.41. The summed E-state index contributed by atoms with van der Waals surface area (Å²) < 4.78 is 0. The van der Waals surface area contributed by atoms with Gasteiger partial charge in [-0.25, -0.2) is 0 Å². The number of aliphatic hydroxyl groups excluding tert-OH is 1. The summed E-state index contributed by atoms with van der Waals surface area (Å²) in [6.45, 7) is 0. The molecule has 2 heteroatoms. The van der Waals surface area contributed by atoms with Crippen molar-refractivity contribution in [2.45, 2.75) is 37.5 Å². The Labute approximate surface area is 55.5 Å². The second-order valence-electron chi connectivity index (χ2n) is 3.33. The molecule has 1 aliphatic carbocycles. The molecule has 9 heavy (non-hydrogen) atoms. The van der Waals surface area contributed by atoms with Crippen LogP contribution >= 0.6 is 0 Å². The van der Waals surface area contributed by atoms with Crippen molar-refractivity contribution in [1.29, 1.82) is 0 Å². The van der Waals surface area contributed by atoms with Gasteiger partial charge in [-0.15, -0.1) is 0 Å². The highest BCUT2D eigenvalue weighted by atomic mass is 16.3. The average molecular weight is 127 g/mol. The fourth-order valence-corrected chi connectivity index (χ4v) is 2.06. The van der Waals surface area contributed by atoms with Gasteiger partial charge in [-0.2, -0.15) is 0 Å².